The minimum Gasteiger partial charge on any atom is -0.357 e. The minimum atomic E-state index is -0.817. The van der Waals surface area contributed by atoms with E-state index in [1.807, 2.05) is 54.6 Å². The molecule has 1 unspecified atom stereocenters. The van der Waals surface area contributed by atoms with Gasteiger partial charge in [-0.15, -0.1) is 5.11 Å². The molecule has 0 saturated heterocycles. The molecule has 4 N–H and O–H groups in total. The Labute approximate surface area is 246 Å². The zero-order valence-electron chi connectivity index (χ0n) is 23.3. The highest BCUT2D eigenvalue weighted by atomic mass is 31.1. The molecule has 3 amide bonds. The first-order valence-corrected chi connectivity index (χ1v) is 15.0. The van der Waals surface area contributed by atoms with Gasteiger partial charge < -0.3 is 16.0 Å². The van der Waals surface area contributed by atoms with E-state index in [-0.39, 0.29) is 23.2 Å². The number of rotatable bonds is 13. The molecule has 0 radical (unpaired) electrons. The maximum atomic E-state index is 13.0. The lowest BCUT2D eigenvalue weighted by atomic mass is 10.1. The fourth-order valence-electron chi connectivity index (χ4n) is 4.44. The zero-order chi connectivity index (χ0) is 29.7. The summed E-state index contributed by atoms with van der Waals surface area (Å²) in [6.45, 7) is 0.436. The molecule has 4 rings (SSSR count). The van der Waals surface area contributed by atoms with Crippen LogP contribution in [0.3, 0.4) is 0 Å². The van der Waals surface area contributed by atoms with E-state index in [2.05, 4.69) is 56.4 Å². The predicted molar refractivity (Wildman–Crippen MR) is 166 cm³/mol. The number of carbonyl (C=O) groups excluding carboxylic acids is 3. The van der Waals surface area contributed by atoms with E-state index in [0.29, 0.717) is 31.4 Å². The Morgan fingerprint density at radius 2 is 1.48 bits per heavy atom. The molecule has 1 aromatic heterocycles. The molecule has 0 aliphatic heterocycles. The van der Waals surface area contributed by atoms with Gasteiger partial charge in [0.25, 0.3) is 11.8 Å². The van der Waals surface area contributed by atoms with Gasteiger partial charge in [-0.1, -0.05) is 72.8 Å². The number of carbonyl (C=O) groups is 3. The second-order valence-corrected chi connectivity index (χ2v) is 11.7. The molecule has 10 heteroatoms. The molecule has 0 saturated carbocycles. The van der Waals surface area contributed by atoms with E-state index in [4.69, 9.17) is 5.53 Å². The molecular formula is C32H33N6O3P. The molecule has 0 bridgehead atoms. The van der Waals surface area contributed by atoms with Crippen molar-refractivity contribution in [3.63, 3.8) is 0 Å². The van der Waals surface area contributed by atoms with Crippen LogP contribution in [0.2, 0.25) is 0 Å². The Hall–Kier alpha value is -4.75. The van der Waals surface area contributed by atoms with Crippen molar-refractivity contribution in [3.8, 4) is 0 Å². The van der Waals surface area contributed by atoms with Gasteiger partial charge in [-0.05, 0) is 67.4 Å². The molecular weight excluding hydrogens is 547 g/mol. The number of unbranched alkanes of at least 4 members (excludes halogenated alkanes) is 1. The number of aromatic nitrogens is 1. The van der Waals surface area contributed by atoms with E-state index in [1.54, 1.807) is 0 Å². The van der Waals surface area contributed by atoms with Crippen molar-refractivity contribution < 1.29 is 14.4 Å². The largest absolute Gasteiger partial charge is 0.357 e. The third-order valence-electron chi connectivity index (χ3n) is 6.59. The number of likely N-dealkylation sites (N-methyl/N-ethyl adjacent to an activating group) is 1. The minimum absolute atomic E-state index is 0.153. The number of pyridine rings is 1. The fraction of sp³-hybridized carbons (Fsp3) is 0.188. The summed E-state index contributed by atoms with van der Waals surface area (Å²) in [4.78, 5) is 41.9. The van der Waals surface area contributed by atoms with Crippen molar-refractivity contribution in [2.75, 3.05) is 13.6 Å². The molecule has 214 valence electrons. The third-order valence-corrected chi connectivity index (χ3v) is 9.02. The first-order chi connectivity index (χ1) is 20.5. The lowest BCUT2D eigenvalue weighted by molar-refractivity contribution is -0.122. The van der Waals surface area contributed by atoms with Crippen molar-refractivity contribution in [3.05, 3.63) is 114 Å². The molecule has 0 aliphatic carbocycles. The summed E-state index contributed by atoms with van der Waals surface area (Å²) in [5.41, 5.74) is 7.85. The number of amides is 3. The van der Waals surface area contributed by atoms with Crippen molar-refractivity contribution in [2.24, 2.45) is 5.11 Å². The van der Waals surface area contributed by atoms with E-state index >= 15 is 0 Å². The zero-order valence-corrected chi connectivity index (χ0v) is 24.2. The summed E-state index contributed by atoms with van der Waals surface area (Å²) in [7, 11) is 0.700. The van der Waals surface area contributed by atoms with Crippen molar-refractivity contribution >= 4 is 47.4 Å². The Bertz CT molecular complexity index is 1460. The molecule has 0 aliphatic rings. The maximum Gasteiger partial charge on any atom is 0.253 e. The monoisotopic (exact) mass is 580 g/mol. The summed E-state index contributed by atoms with van der Waals surface area (Å²) in [5, 5.41) is 15.0. The number of nitrogens with zero attached hydrogens (tertiary/aromatic N) is 2. The van der Waals surface area contributed by atoms with E-state index < -0.39 is 19.9 Å². The SMILES string of the molecule is CNC(=O)C(CCCCNC(=O)c1cccc(P(c2ccccc2)c2ccccc2)c1)NC(=O)c1ccc(N=N)nc1. The van der Waals surface area contributed by atoms with Crippen LogP contribution in [-0.2, 0) is 4.79 Å². The van der Waals surface area contributed by atoms with Gasteiger partial charge in [0.15, 0.2) is 5.82 Å². The first kappa shape index (κ1) is 30.2. The summed E-state index contributed by atoms with van der Waals surface area (Å²) in [6, 6.07) is 30.7. The Morgan fingerprint density at radius 3 is 2.07 bits per heavy atom. The Balaban J connectivity index is 1.33. The summed E-state index contributed by atoms with van der Waals surface area (Å²) in [5.74, 6) is -0.703. The third kappa shape index (κ3) is 8.15. The molecule has 3 aromatic carbocycles. The van der Waals surface area contributed by atoms with Crippen LogP contribution in [0.25, 0.3) is 0 Å². The van der Waals surface area contributed by atoms with Gasteiger partial charge in [0.05, 0.1) is 5.56 Å². The Morgan fingerprint density at radius 1 is 0.810 bits per heavy atom. The lowest BCUT2D eigenvalue weighted by Gasteiger charge is -2.20. The highest BCUT2D eigenvalue weighted by Crippen LogP contribution is 2.32. The van der Waals surface area contributed by atoms with Crippen molar-refractivity contribution in [1.82, 2.24) is 20.9 Å². The van der Waals surface area contributed by atoms with Gasteiger partial charge in [-0.2, -0.15) is 0 Å². The van der Waals surface area contributed by atoms with Crippen LogP contribution < -0.4 is 31.9 Å². The molecule has 1 atom stereocenters. The molecule has 9 nitrogen and oxygen atoms in total. The van der Waals surface area contributed by atoms with Crippen molar-refractivity contribution in [1.29, 1.82) is 5.53 Å². The first-order valence-electron chi connectivity index (χ1n) is 13.6. The number of benzene rings is 3. The fourth-order valence-corrected chi connectivity index (χ4v) is 6.77. The number of nitrogens with one attached hydrogen (secondary N) is 4. The number of hydrogen-bond acceptors (Lipinski definition) is 6. The average molecular weight is 581 g/mol. The van der Waals surface area contributed by atoms with E-state index in [9.17, 15) is 14.4 Å². The summed E-state index contributed by atoms with van der Waals surface area (Å²) < 4.78 is 0. The maximum absolute atomic E-state index is 13.0. The van der Waals surface area contributed by atoms with E-state index in [1.165, 1.54) is 36.0 Å². The molecule has 4 aromatic rings. The van der Waals surface area contributed by atoms with Crippen molar-refractivity contribution in [2.45, 2.75) is 25.3 Å². The quantitative estimate of drug-likeness (QED) is 0.108. The normalized spacial score (nSPS) is 11.4. The van der Waals surface area contributed by atoms with Crippen LogP contribution in [0.4, 0.5) is 5.82 Å². The van der Waals surface area contributed by atoms with Gasteiger partial charge >= 0.3 is 0 Å². The second kappa shape index (κ2) is 15.3. The van der Waals surface area contributed by atoms with Crippen LogP contribution in [0.5, 0.6) is 0 Å². The van der Waals surface area contributed by atoms with Gasteiger partial charge in [0.2, 0.25) is 5.91 Å². The van der Waals surface area contributed by atoms with Crippen LogP contribution in [-0.4, -0.2) is 42.3 Å². The number of hydrogen-bond donors (Lipinski definition) is 4. The molecule has 42 heavy (non-hydrogen) atoms. The second-order valence-electron chi connectivity index (χ2n) is 9.47. The van der Waals surface area contributed by atoms with Gasteiger partial charge in [-0.25, -0.2) is 10.5 Å². The summed E-state index contributed by atoms with van der Waals surface area (Å²) >= 11 is 0. The average Bonchev–Trinajstić information content (AvgIpc) is 3.04. The standard InChI is InChI=1S/C32H33N6O3P/c1-34-32(41)28(37-31(40)24-18-19-29(38-33)36-22-24)17-8-9-20-35-30(39)23-11-10-16-27(21-23)42(25-12-4-2-5-13-25)26-14-6-3-7-15-26/h2-7,10-16,18-19,21-22,28,33H,8-9,17,20H2,1H3,(H,34,41)(H,35,39)(H,37,40). The summed E-state index contributed by atoms with van der Waals surface area (Å²) in [6.07, 6.45) is 2.97. The van der Waals surface area contributed by atoms with Gasteiger partial charge in [-0.3, -0.25) is 14.4 Å². The van der Waals surface area contributed by atoms with Crippen LogP contribution >= 0.6 is 7.92 Å². The van der Waals surface area contributed by atoms with E-state index in [0.717, 1.165) is 5.30 Å². The van der Waals surface area contributed by atoms with Gasteiger partial charge in [0, 0.05) is 25.4 Å². The molecule has 1 heterocycles. The topological polar surface area (TPSA) is 136 Å². The predicted octanol–water partition coefficient (Wildman–Crippen LogP) is 3.95. The molecule has 0 fully saturated rings. The Kier molecular flexibility index (Phi) is 11.0. The smallest absolute Gasteiger partial charge is 0.253 e. The van der Waals surface area contributed by atoms with Crippen LogP contribution in [0, 0.1) is 5.53 Å². The van der Waals surface area contributed by atoms with Crippen LogP contribution in [0.1, 0.15) is 40.0 Å². The highest BCUT2D eigenvalue weighted by molar-refractivity contribution is 7.79. The highest BCUT2D eigenvalue weighted by Gasteiger charge is 2.21. The van der Waals surface area contributed by atoms with Crippen LogP contribution in [0.15, 0.2) is 108 Å². The lowest BCUT2D eigenvalue weighted by Crippen LogP contribution is -2.45. The van der Waals surface area contributed by atoms with Gasteiger partial charge in [0.1, 0.15) is 6.04 Å². The molecule has 0 spiro atoms.